The molecule has 17 heavy (non-hydrogen) atoms. The summed E-state index contributed by atoms with van der Waals surface area (Å²) in [5.74, 6) is 0.679. The standard InChI is InChI=1S/C14H24N2O/c17-14(11-3-1-4-11)15-12-7-9-16(10-8-12)13-5-2-6-13/h11-13H,1-10H2,(H,15,17). The Bertz CT molecular complexity index is 276. The van der Waals surface area contributed by atoms with Crippen LogP contribution in [0.4, 0.5) is 0 Å². The summed E-state index contributed by atoms with van der Waals surface area (Å²) >= 11 is 0. The van der Waals surface area contributed by atoms with Crippen LogP contribution in [0.15, 0.2) is 0 Å². The molecule has 0 aromatic carbocycles. The summed E-state index contributed by atoms with van der Waals surface area (Å²) < 4.78 is 0. The van der Waals surface area contributed by atoms with Crippen LogP contribution in [0.25, 0.3) is 0 Å². The van der Waals surface area contributed by atoms with Crippen molar-refractivity contribution in [2.45, 2.75) is 63.5 Å². The van der Waals surface area contributed by atoms with Gasteiger partial charge in [-0.3, -0.25) is 4.79 Å². The van der Waals surface area contributed by atoms with Gasteiger partial charge < -0.3 is 10.2 Å². The fraction of sp³-hybridized carbons (Fsp3) is 0.929. The molecule has 0 bridgehead atoms. The zero-order valence-electron chi connectivity index (χ0n) is 10.7. The lowest BCUT2D eigenvalue weighted by Gasteiger charge is -2.42. The van der Waals surface area contributed by atoms with E-state index in [9.17, 15) is 4.79 Å². The Morgan fingerprint density at radius 1 is 0.941 bits per heavy atom. The van der Waals surface area contributed by atoms with Crippen LogP contribution in [-0.4, -0.2) is 36.0 Å². The Kier molecular flexibility index (Phi) is 3.37. The van der Waals surface area contributed by atoms with Gasteiger partial charge in [0.1, 0.15) is 0 Å². The van der Waals surface area contributed by atoms with Crippen LogP contribution in [0, 0.1) is 5.92 Å². The van der Waals surface area contributed by atoms with Gasteiger partial charge in [0, 0.05) is 31.1 Å². The zero-order valence-corrected chi connectivity index (χ0v) is 10.7. The van der Waals surface area contributed by atoms with Gasteiger partial charge in [0.2, 0.25) is 5.91 Å². The molecule has 1 aliphatic heterocycles. The van der Waals surface area contributed by atoms with E-state index in [0.29, 0.717) is 17.9 Å². The fourth-order valence-corrected chi connectivity index (χ4v) is 3.15. The van der Waals surface area contributed by atoms with Crippen LogP contribution >= 0.6 is 0 Å². The molecule has 3 fully saturated rings. The second kappa shape index (κ2) is 4.97. The molecule has 2 aliphatic carbocycles. The van der Waals surface area contributed by atoms with Crippen molar-refractivity contribution in [3.8, 4) is 0 Å². The van der Waals surface area contributed by atoms with E-state index in [-0.39, 0.29) is 0 Å². The average molecular weight is 236 g/mol. The number of likely N-dealkylation sites (tertiary alicyclic amines) is 1. The molecule has 1 N–H and O–H groups in total. The van der Waals surface area contributed by atoms with Gasteiger partial charge in [0.25, 0.3) is 0 Å². The fourth-order valence-electron chi connectivity index (χ4n) is 3.15. The maximum Gasteiger partial charge on any atom is 0.223 e. The zero-order chi connectivity index (χ0) is 11.7. The van der Waals surface area contributed by atoms with Gasteiger partial charge in [-0.15, -0.1) is 0 Å². The third-order valence-electron chi connectivity index (χ3n) is 4.94. The summed E-state index contributed by atoms with van der Waals surface area (Å²) in [6.45, 7) is 2.39. The van der Waals surface area contributed by atoms with E-state index in [1.54, 1.807) is 0 Å². The first kappa shape index (κ1) is 11.5. The maximum atomic E-state index is 11.9. The molecule has 0 radical (unpaired) electrons. The first-order chi connectivity index (χ1) is 8.33. The molecule has 3 heteroatoms. The quantitative estimate of drug-likeness (QED) is 0.812. The van der Waals surface area contributed by atoms with Gasteiger partial charge >= 0.3 is 0 Å². The van der Waals surface area contributed by atoms with Crippen LogP contribution in [0.3, 0.4) is 0 Å². The second-order valence-electron chi connectivity index (χ2n) is 6.03. The van der Waals surface area contributed by atoms with Crippen LogP contribution in [0.2, 0.25) is 0 Å². The van der Waals surface area contributed by atoms with Crippen molar-refractivity contribution >= 4 is 5.91 Å². The Balaban J connectivity index is 1.40. The minimum absolute atomic E-state index is 0.332. The van der Waals surface area contributed by atoms with Gasteiger partial charge in [0.15, 0.2) is 0 Å². The molecule has 0 spiro atoms. The Labute approximate surface area is 104 Å². The van der Waals surface area contributed by atoms with Crippen molar-refractivity contribution in [2.75, 3.05) is 13.1 Å². The topological polar surface area (TPSA) is 32.3 Å². The monoisotopic (exact) mass is 236 g/mol. The number of piperidine rings is 1. The van der Waals surface area contributed by atoms with Gasteiger partial charge in [-0.2, -0.15) is 0 Å². The molecule has 1 saturated heterocycles. The van der Waals surface area contributed by atoms with E-state index in [4.69, 9.17) is 0 Å². The van der Waals surface area contributed by atoms with Crippen LogP contribution in [0.1, 0.15) is 51.4 Å². The molecule has 1 amide bonds. The lowest BCUT2D eigenvalue weighted by Crippen LogP contribution is -2.51. The Morgan fingerprint density at radius 3 is 2.06 bits per heavy atom. The average Bonchev–Trinajstić information content (AvgIpc) is 2.15. The summed E-state index contributed by atoms with van der Waals surface area (Å²) in [6.07, 6.45) is 10.0. The Morgan fingerprint density at radius 2 is 1.59 bits per heavy atom. The normalized spacial score (nSPS) is 28.5. The lowest BCUT2D eigenvalue weighted by molar-refractivity contribution is -0.128. The molecular weight excluding hydrogens is 212 g/mol. The summed E-state index contributed by atoms with van der Waals surface area (Å²) in [7, 11) is 0. The number of carbonyl (C=O) groups is 1. The van der Waals surface area contributed by atoms with Crippen LogP contribution < -0.4 is 5.32 Å². The first-order valence-corrected chi connectivity index (χ1v) is 7.37. The van der Waals surface area contributed by atoms with E-state index in [1.807, 2.05) is 0 Å². The minimum atomic E-state index is 0.332. The highest BCUT2D eigenvalue weighted by Gasteiger charge is 2.31. The minimum Gasteiger partial charge on any atom is -0.353 e. The molecule has 3 aliphatic rings. The smallest absolute Gasteiger partial charge is 0.223 e. The van der Waals surface area contributed by atoms with E-state index >= 15 is 0 Å². The molecule has 0 aromatic heterocycles. The summed E-state index contributed by atoms with van der Waals surface area (Å²) in [6, 6.07) is 1.33. The second-order valence-corrected chi connectivity index (χ2v) is 6.03. The molecule has 96 valence electrons. The van der Waals surface area contributed by atoms with E-state index < -0.39 is 0 Å². The lowest BCUT2D eigenvalue weighted by atomic mass is 9.84. The number of carbonyl (C=O) groups excluding carboxylic acids is 1. The summed E-state index contributed by atoms with van der Waals surface area (Å²) in [4.78, 5) is 14.5. The highest BCUT2D eigenvalue weighted by atomic mass is 16.2. The molecule has 0 unspecified atom stereocenters. The van der Waals surface area contributed by atoms with Crippen molar-refractivity contribution in [1.82, 2.24) is 10.2 Å². The van der Waals surface area contributed by atoms with Crippen molar-refractivity contribution in [2.24, 2.45) is 5.92 Å². The third-order valence-corrected chi connectivity index (χ3v) is 4.94. The third kappa shape index (κ3) is 2.49. The van der Waals surface area contributed by atoms with Crippen molar-refractivity contribution in [1.29, 1.82) is 0 Å². The summed E-state index contributed by atoms with van der Waals surface area (Å²) in [5, 5.41) is 3.25. The molecule has 3 nitrogen and oxygen atoms in total. The largest absolute Gasteiger partial charge is 0.353 e. The van der Waals surface area contributed by atoms with Gasteiger partial charge in [0.05, 0.1) is 0 Å². The number of nitrogens with zero attached hydrogens (tertiary/aromatic N) is 1. The maximum absolute atomic E-state index is 11.9. The van der Waals surface area contributed by atoms with Crippen molar-refractivity contribution < 1.29 is 4.79 Å². The number of hydrogen-bond acceptors (Lipinski definition) is 2. The van der Waals surface area contributed by atoms with Gasteiger partial charge in [-0.25, -0.2) is 0 Å². The molecule has 0 atom stereocenters. The van der Waals surface area contributed by atoms with Gasteiger partial charge in [-0.1, -0.05) is 12.8 Å². The van der Waals surface area contributed by atoms with Gasteiger partial charge in [-0.05, 0) is 38.5 Å². The van der Waals surface area contributed by atoms with E-state index in [0.717, 1.165) is 31.7 Å². The molecule has 3 rings (SSSR count). The predicted molar refractivity (Wildman–Crippen MR) is 67.7 cm³/mol. The van der Waals surface area contributed by atoms with Crippen LogP contribution in [-0.2, 0) is 4.79 Å². The van der Waals surface area contributed by atoms with E-state index in [1.165, 1.54) is 38.8 Å². The van der Waals surface area contributed by atoms with Crippen LogP contribution in [0.5, 0.6) is 0 Å². The molecule has 0 aromatic rings. The van der Waals surface area contributed by atoms with Crippen molar-refractivity contribution in [3.05, 3.63) is 0 Å². The number of amides is 1. The molecule has 1 heterocycles. The highest BCUT2D eigenvalue weighted by Crippen LogP contribution is 2.29. The molecular formula is C14H24N2O. The predicted octanol–water partition coefficient (Wildman–Crippen LogP) is 1.92. The molecule has 2 saturated carbocycles. The highest BCUT2D eigenvalue weighted by molar-refractivity contribution is 5.79. The van der Waals surface area contributed by atoms with E-state index in [2.05, 4.69) is 10.2 Å². The summed E-state index contributed by atoms with van der Waals surface area (Å²) in [5.41, 5.74) is 0. The SMILES string of the molecule is O=C(NC1CCN(C2CCC2)CC1)C1CCC1. The number of hydrogen-bond donors (Lipinski definition) is 1. The van der Waals surface area contributed by atoms with Crippen molar-refractivity contribution in [3.63, 3.8) is 0 Å². The number of nitrogens with one attached hydrogen (secondary N) is 1. The Hall–Kier alpha value is -0.570. The first-order valence-electron chi connectivity index (χ1n) is 7.37. The number of rotatable bonds is 3.